The number of thiazole rings is 1. The highest BCUT2D eigenvalue weighted by atomic mass is 32.1. The van der Waals surface area contributed by atoms with Crippen LogP contribution >= 0.6 is 11.3 Å². The first-order valence-electron chi connectivity index (χ1n) is 7.82. The predicted molar refractivity (Wildman–Crippen MR) is 101 cm³/mol. The number of aromatic nitrogens is 1. The lowest BCUT2D eigenvalue weighted by atomic mass is 10.2. The molecule has 0 bridgehead atoms. The van der Waals surface area contributed by atoms with E-state index in [-0.39, 0.29) is 5.56 Å². The summed E-state index contributed by atoms with van der Waals surface area (Å²) in [6.07, 6.45) is 1.60. The number of hydrogen-bond donors (Lipinski definition) is 1. The van der Waals surface area contributed by atoms with Crippen molar-refractivity contribution in [2.45, 2.75) is 13.8 Å². The van der Waals surface area contributed by atoms with Crippen molar-refractivity contribution in [3.05, 3.63) is 76.0 Å². The topological polar surface area (TPSA) is 63.6 Å². The van der Waals surface area contributed by atoms with E-state index >= 15 is 0 Å². The fraction of sp³-hybridized carbons (Fsp3) is 0.105. The summed E-state index contributed by atoms with van der Waals surface area (Å²) in [5.41, 5.74) is 4.74. The zero-order chi connectivity index (χ0) is 18.5. The quantitative estimate of drug-likeness (QED) is 0.310. The van der Waals surface area contributed by atoms with E-state index in [0.717, 1.165) is 22.2 Å². The minimum Gasteiger partial charge on any atom is -0.423 e. The van der Waals surface area contributed by atoms with E-state index in [1.807, 2.05) is 19.9 Å². The van der Waals surface area contributed by atoms with Crippen molar-refractivity contribution in [3.63, 3.8) is 0 Å². The molecule has 0 atom stereocenters. The van der Waals surface area contributed by atoms with Gasteiger partial charge >= 0.3 is 5.97 Å². The van der Waals surface area contributed by atoms with Crippen LogP contribution in [0, 0.1) is 19.7 Å². The molecule has 3 rings (SSSR count). The van der Waals surface area contributed by atoms with Crippen LogP contribution in [-0.4, -0.2) is 17.2 Å². The molecule has 1 aromatic heterocycles. The Balaban J connectivity index is 1.66. The van der Waals surface area contributed by atoms with Crippen LogP contribution in [0.2, 0.25) is 0 Å². The van der Waals surface area contributed by atoms with E-state index in [1.165, 1.54) is 29.5 Å². The van der Waals surface area contributed by atoms with Crippen LogP contribution in [0.5, 0.6) is 5.75 Å². The third-order valence-electron chi connectivity index (χ3n) is 3.53. The second-order valence-corrected chi connectivity index (χ2v) is 6.71. The van der Waals surface area contributed by atoms with Gasteiger partial charge in [-0.3, -0.25) is 5.43 Å². The number of nitrogens with zero attached hydrogens (tertiary/aromatic N) is 2. The van der Waals surface area contributed by atoms with Crippen molar-refractivity contribution >= 4 is 28.7 Å². The van der Waals surface area contributed by atoms with Crippen molar-refractivity contribution in [1.82, 2.24) is 4.98 Å². The number of anilines is 1. The van der Waals surface area contributed by atoms with E-state index in [2.05, 4.69) is 15.5 Å². The van der Waals surface area contributed by atoms with Crippen molar-refractivity contribution in [2.75, 3.05) is 5.43 Å². The van der Waals surface area contributed by atoms with Gasteiger partial charge in [-0.25, -0.2) is 14.2 Å². The average molecular weight is 369 g/mol. The number of aryl methyl sites for hydroxylation is 2. The van der Waals surface area contributed by atoms with Gasteiger partial charge in [0.15, 0.2) is 0 Å². The van der Waals surface area contributed by atoms with Gasteiger partial charge in [0, 0.05) is 4.88 Å². The molecule has 0 aliphatic heterocycles. The summed E-state index contributed by atoms with van der Waals surface area (Å²) in [6.45, 7) is 3.94. The number of hydrogen-bond acceptors (Lipinski definition) is 6. The second-order valence-electron chi connectivity index (χ2n) is 5.50. The molecule has 0 unspecified atom stereocenters. The lowest BCUT2D eigenvalue weighted by Crippen LogP contribution is -2.08. The highest BCUT2D eigenvalue weighted by Crippen LogP contribution is 2.21. The second kappa shape index (κ2) is 7.88. The summed E-state index contributed by atoms with van der Waals surface area (Å²) in [5, 5.41) is 4.85. The van der Waals surface area contributed by atoms with Gasteiger partial charge in [-0.2, -0.15) is 5.10 Å². The Morgan fingerprint density at radius 1 is 1.23 bits per heavy atom. The van der Waals surface area contributed by atoms with Crippen LogP contribution in [-0.2, 0) is 0 Å². The molecule has 0 radical (unpaired) electrons. The average Bonchev–Trinajstić information content (AvgIpc) is 2.93. The first-order chi connectivity index (χ1) is 12.5. The van der Waals surface area contributed by atoms with E-state index in [1.54, 1.807) is 24.4 Å². The summed E-state index contributed by atoms with van der Waals surface area (Å²) in [6, 6.07) is 12.2. The van der Waals surface area contributed by atoms with Gasteiger partial charge in [-0.05, 0) is 49.7 Å². The van der Waals surface area contributed by atoms with Crippen molar-refractivity contribution in [3.8, 4) is 5.75 Å². The monoisotopic (exact) mass is 369 g/mol. The number of hydrazone groups is 1. The smallest absolute Gasteiger partial charge is 0.343 e. The normalized spacial score (nSPS) is 10.9. The molecule has 132 valence electrons. The summed E-state index contributed by atoms with van der Waals surface area (Å²) < 4.78 is 18.5. The first-order valence-corrected chi connectivity index (χ1v) is 8.64. The number of ether oxygens (including phenoxy) is 1. The molecular formula is C19H16FN3O2S. The molecule has 0 aliphatic carbocycles. The molecule has 1 heterocycles. The zero-order valence-corrected chi connectivity index (χ0v) is 15.0. The number of halogens is 1. The Bertz CT molecular complexity index is 949. The Hall–Kier alpha value is -3.06. The lowest BCUT2D eigenvalue weighted by Gasteiger charge is -2.05. The zero-order valence-electron chi connectivity index (χ0n) is 14.2. The van der Waals surface area contributed by atoms with Crippen LogP contribution < -0.4 is 10.2 Å². The largest absolute Gasteiger partial charge is 0.423 e. The summed E-state index contributed by atoms with van der Waals surface area (Å²) >= 11 is 1.52. The van der Waals surface area contributed by atoms with Gasteiger partial charge in [-0.1, -0.05) is 18.2 Å². The van der Waals surface area contributed by atoms with Gasteiger partial charge in [-0.15, -0.1) is 11.3 Å². The van der Waals surface area contributed by atoms with E-state index in [4.69, 9.17) is 4.74 Å². The molecule has 26 heavy (non-hydrogen) atoms. The molecule has 0 amide bonds. The molecule has 0 saturated carbocycles. The summed E-state index contributed by atoms with van der Waals surface area (Å²) in [5.74, 6) is -0.756. The maximum absolute atomic E-state index is 13.2. The van der Waals surface area contributed by atoms with Crippen molar-refractivity contribution in [1.29, 1.82) is 0 Å². The highest BCUT2D eigenvalue weighted by Gasteiger charge is 2.09. The van der Waals surface area contributed by atoms with Crippen molar-refractivity contribution < 1.29 is 13.9 Å². The molecule has 0 spiro atoms. The first kappa shape index (κ1) is 17.8. The molecule has 0 fully saturated rings. The molecular weight excluding hydrogens is 353 g/mol. The highest BCUT2D eigenvalue weighted by molar-refractivity contribution is 7.15. The van der Waals surface area contributed by atoms with Crippen LogP contribution in [0.3, 0.4) is 0 Å². The summed E-state index contributed by atoms with van der Waals surface area (Å²) in [4.78, 5) is 17.5. The maximum atomic E-state index is 13.2. The third-order valence-corrected chi connectivity index (χ3v) is 4.51. The Morgan fingerprint density at radius 2 is 2.04 bits per heavy atom. The Labute approximate surface area is 154 Å². The number of esters is 1. The number of benzene rings is 2. The third kappa shape index (κ3) is 4.52. The molecule has 1 N–H and O–H groups in total. The van der Waals surface area contributed by atoms with Gasteiger partial charge in [0.2, 0.25) is 5.13 Å². The van der Waals surface area contributed by atoms with E-state index < -0.39 is 11.8 Å². The molecule has 2 aromatic carbocycles. The van der Waals surface area contributed by atoms with Gasteiger partial charge in [0.25, 0.3) is 0 Å². The number of carbonyl (C=O) groups is 1. The molecule has 3 aromatic rings. The van der Waals surface area contributed by atoms with Gasteiger partial charge in [0.1, 0.15) is 11.6 Å². The molecule has 0 saturated heterocycles. The number of rotatable bonds is 5. The fourth-order valence-electron chi connectivity index (χ4n) is 2.12. The van der Waals surface area contributed by atoms with E-state index in [9.17, 15) is 9.18 Å². The Kier molecular flexibility index (Phi) is 5.38. The van der Waals surface area contributed by atoms with E-state index in [0.29, 0.717) is 10.9 Å². The minimum atomic E-state index is -0.620. The van der Waals surface area contributed by atoms with Gasteiger partial charge < -0.3 is 4.74 Å². The minimum absolute atomic E-state index is 0.153. The predicted octanol–water partition coefficient (Wildman–Crippen LogP) is 4.56. The van der Waals surface area contributed by atoms with Crippen LogP contribution in [0.4, 0.5) is 9.52 Å². The molecule has 0 aliphatic rings. The van der Waals surface area contributed by atoms with Crippen LogP contribution in [0.1, 0.15) is 26.5 Å². The number of carbonyl (C=O) groups excluding carboxylic acids is 1. The lowest BCUT2D eigenvalue weighted by molar-refractivity contribution is 0.0734. The SMILES string of the molecule is Cc1nc(NN=Cc2cccc(OC(=O)c3cccc(F)c3)c2)sc1C. The fourth-order valence-corrected chi connectivity index (χ4v) is 2.89. The Morgan fingerprint density at radius 3 is 2.77 bits per heavy atom. The molecule has 5 nitrogen and oxygen atoms in total. The maximum Gasteiger partial charge on any atom is 0.343 e. The van der Waals surface area contributed by atoms with Crippen molar-refractivity contribution in [2.24, 2.45) is 5.10 Å². The standard InChI is InChI=1S/C19H16FN3O2S/c1-12-13(2)26-19(22-12)23-21-11-14-5-3-8-17(9-14)25-18(24)15-6-4-7-16(20)10-15/h3-11H,1-2H3,(H,22,23). The summed E-state index contributed by atoms with van der Waals surface area (Å²) in [7, 11) is 0. The molecule has 7 heteroatoms. The van der Waals surface area contributed by atoms with Crippen LogP contribution in [0.15, 0.2) is 53.6 Å². The number of nitrogens with one attached hydrogen (secondary N) is 1. The van der Waals surface area contributed by atoms with Gasteiger partial charge in [0.05, 0.1) is 17.5 Å². The van der Waals surface area contributed by atoms with Crippen LogP contribution in [0.25, 0.3) is 0 Å².